The number of benzene rings is 1. The average Bonchev–Trinajstić information content (AvgIpc) is 2.50. The summed E-state index contributed by atoms with van der Waals surface area (Å²) in [6.45, 7) is 5.39. The van der Waals surface area contributed by atoms with E-state index in [-0.39, 0.29) is 5.92 Å². The number of amides is 1. The fourth-order valence-corrected chi connectivity index (χ4v) is 2.32. The number of fused-ring (bicyclic) bond motifs is 1. The van der Waals surface area contributed by atoms with E-state index in [2.05, 4.69) is 5.32 Å². The van der Waals surface area contributed by atoms with Crippen LogP contribution in [0.1, 0.15) is 27.2 Å². The van der Waals surface area contributed by atoms with Crippen LogP contribution in [0.25, 0.3) is 0 Å². The molecule has 0 spiro atoms. The number of carboxylic acids is 1. The zero-order chi connectivity index (χ0) is 16.3. The predicted molar refractivity (Wildman–Crippen MR) is 80.0 cm³/mol. The van der Waals surface area contributed by atoms with Gasteiger partial charge in [-0.3, -0.25) is 4.79 Å². The van der Waals surface area contributed by atoms with E-state index in [0.717, 1.165) is 0 Å². The van der Waals surface area contributed by atoms with Crippen LogP contribution in [0.3, 0.4) is 0 Å². The third kappa shape index (κ3) is 3.32. The molecule has 0 bridgehead atoms. The maximum absolute atomic E-state index is 12.4. The molecular formula is C16H21NO5. The lowest BCUT2D eigenvalue weighted by molar-refractivity contribution is -0.146. The Morgan fingerprint density at radius 1 is 1.27 bits per heavy atom. The van der Waals surface area contributed by atoms with E-state index in [4.69, 9.17) is 9.47 Å². The van der Waals surface area contributed by atoms with Gasteiger partial charge in [0, 0.05) is 0 Å². The van der Waals surface area contributed by atoms with E-state index in [1.165, 1.54) is 0 Å². The number of ether oxygens (including phenoxy) is 2. The van der Waals surface area contributed by atoms with Gasteiger partial charge in [-0.25, -0.2) is 4.79 Å². The molecule has 22 heavy (non-hydrogen) atoms. The minimum atomic E-state index is -1.05. The van der Waals surface area contributed by atoms with Gasteiger partial charge in [-0.1, -0.05) is 32.4 Å². The van der Waals surface area contributed by atoms with Gasteiger partial charge in [0.2, 0.25) is 6.10 Å². The van der Waals surface area contributed by atoms with Gasteiger partial charge >= 0.3 is 5.97 Å². The van der Waals surface area contributed by atoms with Crippen LogP contribution >= 0.6 is 0 Å². The van der Waals surface area contributed by atoms with E-state index in [1.54, 1.807) is 32.0 Å². The summed E-state index contributed by atoms with van der Waals surface area (Å²) in [7, 11) is 0. The van der Waals surface area contributed by atoms with Gasteiger partial charge in [0.25, 0.3) is 5.91 Å². The third-order valence-corrected chi connectivity index (χ3v) is 3.88. The highest BCUT2D eigenvalue weighted by molar-refractivity contribution is 5.87. The Morgan fingerprint density at radius 3 is 2.41 bits per heavy atom. The van der Waals surface area contributed by atoms with Gasteiger partial charge in [-0.2, -0.15) is 0 Å². The molecule has 1 heterocycles. The highest BCUT2D eigenvalue weighted by Gasteiger charge is 2.36. The van der Waals surface area contributed by atoms with E-state index >= 15 is 0 Å². The van der Waals surface area contributed by atoms with Crippen molar-refractivity contribution >= 4 is 11.9 Å². The van der Waals surface area contributed by atoms with Crippen LogP contribution in [0.5, 0.6) is 11.5 Å². The molecule has 1 aromatic carbocycles. The predicted octanol–water partition coefficient (Wildman–Crippen LogP) is 1.83. The Labute approximate surface area is 129 Å². The molecule has 0 saturated carbocycles. The van der Waals surface area contributed by atoms with Crippen molar-refractivity contribution in [2.24, 2.45) is 5.92 Å². The first kappa shape index (κ1) is 16.1. The molecule has 2 N–H and O–H groups in total. The minimum absolute atomic E-state index is 0.173. The largest absolute Gasteiger partial charge is 0.482 e. The van der Waals surface area contributed by atoms with Crippen molar-refractivity contribution in [3.05, 3.63) is 24.3 Å². The molecule has 1 aromatic rings. The van der Waals surface area contributed by atoms with Crippen LogP contribution in [-0.4, -0.2) is 35.2 Å². The van der Waals surface area contributed by atoms with Crippen LogP contribution in [-0.2, 0) is 9.59 Å². The SMILES string of the molecule is CC[C@H](C)[C@H](NC(=O)C1Oc2ccccc2OC1C)C(=O)O. The molecule has 4 atom stereocenters. The van der Waals surface area contributed by atoms with Crippen molar-refractivity contribution in [2.45, 2.75) is 45.4 Å². The number of aliphatic carboxylic acids is 1. The molecule has 6 heteroatoms. The van der Waals surface area contributed by atoms with Crippen molar-refractivity contribution in [3.8, 4) is 11.5 Å². The second-order valence-corrected chi connectivity index (χ2v) is 5.52. The van der Waals surface area contributed by atoms with Gasteiger partial charge in [-0.05, 0) is 25.0 Å². The molecule has 2 rings (SSSR count). The zero-order valence-electron chi connectivity index (χ0n) is 12.9. The second-order valence-electron chi connectivity index (χ2n) is 5.52. The molecule has 1 aliphatic heterocycles. The van der Waals surface area contributed by atoms with E-state index < -0.39 is 30.1 Å². The fourth-order valence-electron chi connectivity index (χ4n) is 2.32. The van der Waals surface area contributed by atoms with Crippen LogP contribution in [0.15, 0.2) is 24.3 Å². The summed E-state index contributed by atoms with van der Waals surface area (Å²) in [6.07, 6.45) is -0.723. The summed E-state index contributed by atoms with van der Waals surface area (Å²) in [5.74, 6) is -0.636. The molecule has 120 valence electrons. The topological polar surface area (TPSA) is 84.9 Å². The first-order valence-corrected chi connectivity index (χ1v) is 7.39. The number of carbonyl (C=O) groups is 2. The molecule has 2 unspecified atom stereocenters. The third-order valence-electron chi connectivity index (χ3n) is 3.88. The maximum Gasteiger partial charge on any atom is 0.326 e. The summed E-state index contributed by atoms with van der Waals surface area (Å²) in [6, 6.07) is 6.14. The lowest BCUT2D eigenvalue weighted by Crippen LogP contribution is -2.54. The van der Waals surface area contributed by atoms with Gasteiger partial charge in [0.05, 0.1) is 0 Å². The Kier molecular flexibility index (Phi) is 4.90. The van der Waals surface area contributed by atoms with Crippen LogP contribution in [0.2, 0.25) is 0 Å². The van der Waals surface area contributed by atoms with Gasteiger partial charge in [0.15, 0.2) is 11.5 Å². The molecule has 6 nitrogen and oxygen atoms in total. The fraction of sp³-hybridized carbons (Fsp3) is 0.500. The van der Waals surface area contributed by atoms with Gasteiger partial charge in [-0.15, -0.1) is 0 Å². The summed E-state index contributed by atoms with van der Waals surface area (Å²) in [5, 5.41) is 11.8. The Balaban J connectivity index is 2.11. The number of hydrogen-bond acceptors (Lipinski definition) is 4. The molecule has 0 fully saturated rings. The van der Waals surface area contributed by atoms with Crippen molar-refractivity contribution in [2.75, 3.05) is 0 Å². The lowest BCUT2D eigenvalue weighted by Gasteiger charge is -2.32. The number of carbonyl (C=O) groups excluding carboxylic acids is 1. The maximum atomic E-state index is 12.4. The Morgan fingerprint density at radius 2 is 1.86 bits per heavy atom. The summed E-state index contributed by atoms with van der Waals surface area (Å²) in [4.78, 5) is 23.7. The number of para-hydroxylation sites is 2. The normalized spacial score (nSPS) is 22.5. The van der Waals surface area contributed by atoms with E-state index in [1.807, 2.05) is 13.0 Å². The van der Waals surface area contributed by atoms with E-state index in [0.29, 0.717) is 17.9 Å². The monoisotopic (exact) mass is 307 g/mol. The van der Waals surface area contributed by atoms with Crippen LogP contribution < -0.4 is 14.8 Å². The van der Waals surface area contributed by atoms with Crippen molar-refractivity contribution in [1.29, 1.82) is 0 Å². The number of hydrogen-bond donors (Lipinski definition) is 2. The Bertz CT molecular complexity index is 559. The minimum Gasteiger partial charge on any atom is -0.482 e. The smallest absolute Gasteiger partial charge is 0.326 e. The summed E-state index contributed by atoms with van der Waals surface area (Å²) >= 11 is 0. The summed E-state index contributed by atoms with van der Waals surface area (Å²) < 4.78 is 11.3. The summed E-state index contributed by atoms with van der Waals surface area (Å²) in [5.41, 5.74) is 0. The first-order chi connectivity index (χ1) is 10.4. The second kappa shape index (κ2) is 6.68. The highest BCUT2D eigenvalue weighted by atomic mass is 16.6. The number of carboxylic acid groups (broad SMARTS) is 1. The van der Waals surface area contributed by atoms with Crippen LogP contribution in [0, 0.1) is 5.92 Å². The van der Waals surface area contributed by atoms with Gasteiger partial charge < -0.3 is 19.9 Å². The molecular weight excluding hydrogens is 286 g/mol. The van der Waals surface area contributed by atoms with Gasteiger partial charge in [0.1, 0.15) is 12.1 Å². The Hall–Kier alpha value is -2.24. The van der Waals surface area contributed by atoms with E-state index in [9.17, 15) is 14.7 Å². The standard InChI is InChI=1S/C16H21NO5/c1-4-9(2)13(16(19)20)17-15(18)14-10(3)21-11-7-5-6-8-12(11)22-14/h5-10,13-14H,4H2,1-3H3,(H,17,18)(H,19,20)/t9-,10?,13-,14?/m0/s1. The van der Waals surface area contributed by atoms with Crippen molar-refractivity contribution in [1.82, 2.24) is 5.32 Å². The molecule has 0 aliphatic carbocycles. The van der Waals surface area contributed by atoms with Crippen molar-refractivity contribution < 1.29 is 24.2 Å². The molecule has 0 aromatic heterocycles. The highest BCUT2D eigenvalue weighted by Crippen LogP contribution is 2.33. The van der Waals surface area contributed by atoms with Crippen molar-refractivity contribution in [3.63, 3.8) is 0 Å². The average molecular weight is 307 g/mol. The lowest BCUT2D eigenvalue weighted by atomic mass is 9.98. The van der Waals surface area contributed by atoms with Crippen LogP contribution in [0.4, 0.5) is 0 Å². The quantitative estimate of drug-likeness (QED) is 0.867. The molecule has 1 amide bonds. The first-order valence-electron chi connectivity index (χ1n) is 7.39. The molecule has 1 aliphatic rings. The molecule has 0 radical (unpaired) electrons. The number of rotatable bonds is 5. The number of nitrogens with one attached hydrogen (secondary N) is 1. The molecule has 0 saturated heterocycles. The zero-order valence-corrected chi connectivity index (χ0v) is 12.9.